The third-order valence-electron chi connectivity index (χ3n) is 2.33. The topological polar surface area (TPSA) is 12.9 Å². The molecule has 0 N–H and O–H groups in total. The fourth-order valence-electron chi connectivity index (χ4n) is 1.27. The molecule has 12 heavy (non-hydrogen) atoms. The Morgan fingerprint density at radius 1 is 1.25 bits per heavy atom. The highest BCUT2D eigenvalue weighted by molar-refractivity contribution is 7.80. The van der Waals surface area contributed by atoms with Crippen molar-refractivity contribution in [3.63, 3.8) is 0 Å². The highest BCUT2D eigenvalue weighted by Crippen LogP contribution is 2.23. The lowest BCUT2D eigenvalue weighted by Gasteiger charge is -2.11. The van der Waals surface area contributed by atoms with Gasteiger partial charge in [0.1, 0.15) is 0 Å². The monoisotopic (exact) mass is 181 g/mol. The maximum atomic E-state index is 4.38. The first-order valence-corrected chi connectivity index (χ1v) is 4.66. The number of thiol groups is 1. The van der Waals surface area contributed by atoms with Crippen LogP contribution in [0.1, 0.15) is 34.6 Å². The quantitative estimate of drug-likeness (QED) is 0.657. The Kier molecular flexibility index (Phi) is 2.78. The van der Waals surface area contributed by atoms with Gasteiger partial charge in [-0.1, -0.05) is 0 Å². The minimum atomic E-state index is 0.226. The van der Waals surface area contributed by atoms with Gasteiger partial charge in [-0.05, 0) is 44.4 Å². The number of nitrogens with zero attached hydrogens (tertiary/aromatic N) is 1. The van der Waals surface area contributed by atoms with E-state index in [0.717, 1.165) is 5.69 Å². The summed E-state index contributed by atoms with van der Waals surface area (Å²) >= 11 is 4.38. The molecule has 1 nitrogen and oxygen atoms in total. The molecule has 1 atom stereocenters. The Labute approximate surface area is 79.6 Å². The van der Waals surface area contributed by atoms with Crippen LogP contribution in [0.5, 0.6) is 0 Å². The molecule has 0 aliphatic carbocycles. The van der Waals surface area contributed by atoms with Crippen LogP contribution in [0.4, 0.5) is 0 Å². The standard InChI is InChI=1S/C10H15NS/c1-6-5-11-10(9(4)12)8(3)7(6)2/h5,9,12H,1-4H3. The van der Waals surface area contributed by atoms with E-state index >= 15 is 0 Å². The number of aryl methyl sites for hydroxylation is 1. The minimum absolute atomic E-state index is 0.226. The largest absolute Gasteiger partial charge is 0.260 e. The molecular formula is C10H15NS. The van der Waals surface area contributed by atoms with Crippen molar-refractivity contribution >= 4 is 12.6 Å². The molecule has 0 amide bonds. The van der Waals surface area contributed by atoms with Gasteiger partial charge in [-0.3, -0.25) is 4.98 Å². The van der Waals surface area contributed by atoms with Crippen molar-refractivity contribution in [3.05, 3.63) is 28.6 Å². The van der Waals surface area contributed by atoms with E-state index in [1.54, 1.807) is 0 Å². The summed E-state index contributed by atoms with van der Waals surface area (Å²) in [5, 5.41) is 0.226. The van der Waals surface area contributed by atoms with Gasteiger partial charge in [0.05, 0.1) is 5.69 Å². The van der Waals surface area contributed by atoms with Crippen LogP contribution in [0.15, 0.2) is 6.20 Å². The van der Waals surface area contributed by atoms with E-state index in [1.165, 1.54) is 16.7 Å². The first-order valence-electron chi connectivity index (χ1n) is 4.14. The average Bonchev–Trinajstić information content (AvgIpc) is 2.00. The number of pyridine rings is 1. The highest BCUT2D eigenvalue weighted by Gasteiger charge is 2.08. The minimum Gasteiger partial charge on any atom is -0.260 e. The first kappa shape index (κ1) is 9.59. The van der Waals surface area contributed by atoms with E-state index in [2.05, 4.69) is 38.4 Å². The van der Waals surface area contributed by atoms with Gasteiger partial charge in [0.15, 0.2) is 0 Å². The lowest BCUT2D eigenvalue weighted by atomic mass is 10.0. The zero-order valence-electron chi connectivity index (χ0n) is 8.05. The molecule has 0 bridgehead atoms. The van der Waals surface area contributed by atoms with Gasteiger partial charge in [0, 0.05) is 11.4 Å². The maximum Gasteiger partial charge on any atom is 0.0560 e. The van der Waals surface area contributed by atoms with E-state index < -0.39 is 0 Å². The smallest absolute Gasteiger partial charge is 0.0560 e. The molecule has 66 valence electrons. The summed E-state index contributed by atoms with van der Waals surface area (Å²) in [5.41, 5.74) is 4.96. The molecule has 0 saturated carbocycles. The average molecular weight is 181 g/mol. The number of rotatable bonds is 1. The van der Waals surface area contributed by atoms with Gasteiger partial charge >= 0.3 is 0 Å². The second kappa shape index (κ2) is 3.48. The molecule has 0 fully saturated rings. The van der Waals surface area contributed by atoms with Crippen LogP contribution in [0, 0.1) is 20.8 Å². The van der Waals surface area contributed by atoms with Crippen LogP contribution < -0.4 is 0 Å². The van der Waals surface area contributed by atoms with Gasteiger partial charge < -0.3 is 0 Å². The van der Waals surface area contributed by atoms with E-state index in [9.17, 15) is 0 Å². The van der Waals surface area contributed by atoms with Crippen molar-refractivity contribution in [1.82, 2.24) is 4.98 Å². The summed E-state index contributed by atoms with van der Waals surface area (Å²) in [4.78, 5) is 4.36. The zero-order chi connectivity index (χ0) is 9.30. The molecule has 1 aromatic rings. The van der Waals surface area contributed by atoms with E-state index in [0.29, 0.717) is 0 Å². The van der Waals surface area contributed by atoms with Crippen molar-refractivity contribution in [2.24, 2.45) is 0 Å². The van der Waals surface area contributed by atoms with Crippen LogP contribution in [0.2, 0.25) is 0 Å². The van der Waals surface area contributed by atoms with E-state index in [-0.39, 0.29) is 5.25 Å². The van der Waals surface area contributed by atoms with Crippen molar-refractivity contribution in [1.29, 1.82) is 0 Å². The summed E-state index contributed by atoms with van der Waals surface area (Å²) < 4.78 is 0. The third kappa shape index (κ3) is 1.63. The third-order valence-corrected chi connectivity index (χ3v) is 2.58. The zero-order valence-corrected chi connectivity index (χ0v) is 8.94. The summed E-state index contributed by atoms with van der Waals surface area (Å²) in [5.74, 6) is 0. The molecule has 0 aliphatic heterocycles. The predicted molar refractivity (Wildman–Crippen MR) is 55.8 cm³/mol. The number of hydrogen-bond acceptors (Lipinski definition) is 2. The van der Waals surface area contributed by atoms with Gasteiger partial charge in [0.25, 0.3) is 0 Å². The van der Waals surface area contributed by atoms with Crippen molar-refractivity contribution in [3.8, 4) is 0 Å². The Hall–Kier alpha value is -0.500. The maximum absolute atomic E-state index is 4.38. The first-order chi connectivity index (χ1) is 5.54. The SMILES string of the molecule is Cc1cnc(C(C)S)c(C)c1C. The van der Waals surface area contributed by atoms with E-state index in [4.69, 9.17) is 0 Å². The van der Waals surface area contributed by atoms with Crippen LogP contribution in [0.25, 0.3) is 0 Å². The molecule has 0 saturated heterocycles. The van der Waals surface area contributed by atoms with Gasteiger partial charge in [-0.25, -0.2) is 0 Å². The van der Waals surface area contributed by atoms with Crippen LogP contribution >= 0.6 is 12.6 Å². The molecule has 2 heteroatoms. The van der Waals surface area contributed by atoms with E-state index in [1.807, 2.05) is 13.1 Å². The molecule has 1 unspecified atom stereocenters. The molecule has 0 aromatic carbocycles. The lowest BCUT2D eigenvalue weighted by Crippen LogP contribution is -1.98. The second-order valence-electron chi connectivity index (χ2n) is 3.25. The second-order valence-corrected chi connectivity index (χ2v) is 4.03. The van der Waals surface area contributed by atoms with Crippen LogP contribution in [-0.2, 0) is 0 Å². The molecule has 1 aromatic heterocycles. The Balaban J connectivity index is 3.27. The van der Waals surface area contributed by atoms with Crippen molar-refractivity contribution < 1.29 is 0 Å². The fourth-order valence-corrected chi connectivity index (χ4v) is 1.53. The molecule has 0 radical (unpaired) electrons. The summed E-state index contributed by atoms with van der Waals surface area (Å²) in [7, 11) is 0. The van der Waals surface area contributed by atoms with Crippen LogP contribution in [0.3, 0.4) is 0 Å². The summed E-state index contributed by atoms with van der Waals surface area (Å²) in [6.07, 6.45) is 1.92. The fraction of sp³-hybridized carbons (Fsp3) is 0.500. The molecular weight excluding hydrogens is 166 g/mol. The summed E-state index contributed by atoms with van der Waals surface area (Å²) in [6.45, 7) is 8.37. The van der Waals surface area contributed by atoms with Crippen molar-refractivity contribution in [2.45, 2.75) is 32.9 Å². The van der Waals surface area contributed by atoms with Crippen LogP contribution in [-0.4, -0.2) is 4.98 Å². The Morgan fingerprint density at radius 3 is 2.33 bits per heavy atom. The Bertz CT molecular complexity index is 292. The molecule has 1 rings (SSSR count). The molecule has 0 spiro atoms. The molecule has 0 aliphatic rings. The number of hydrogen-bond donors (Lipinski definition) is 1. The molecule has 1 heterocycles. The van der Waals surface area contributed by atoms with Crippen molar-refractivity contribution in [2.75, 3.05) is 0 Å². The lowest BCUT2D eigenvalue weighted by molar-refractivity contribution is 0.969. The van der Waals surface area contributed by atoms with Gasteiger partial charge in [-0.15, -0.1) is 0 Å². The Morgan fingerprint density at radius 2 is 1.83 bits per heavy atom. The van der Waals surface area contributed by atoms with Gasteiger partial charge in [-0.2, -0.15) is 12.6 Å². The van der Waals surface area contributed by atoms with Gasteiger partial charge in [0.2, 0.25) is 0 Å². The predicted octanol–water partition coefficient (Wildman–Crippen LogP) is 3.00. The normalized spacial score (nSPS) is 13.1. The highest BCUT2D eigenvalue weighted by atomic mass is 32.1. The number of aromatic nitrogens is 1. The summed E-state index contributed by atoms with van der Waals surface area (Å²) in [6, 6.07) is 0.